The quantitative estimate of drug-likeness (QED) is 0.173. The lowest BCUT2D eigenvalue weighted by Crippen LogP contribution is -2.41. The Hall–Kier alpha value is -3.24. The third-order valence-corrected chi connectivity index (χ3v) is 7.07. The molecule has 0 bridgehead atoms. The molecule has 0 aromatic carbocycles. The molecule has 37 heavy (non-hydrogen) atoms. The SMILES string of the molecule is COCCN(CCCCc1ccc2c(n1)NCCC2)CC[C@H](Nc1c2ccn(C)c2nc[n+]1O)C(C)=O. The Morgan fingerprint density at radius 3 is 2.97 bits per heavy atom. The minimum Gasteiger partial charge on any atom is -0.383 e. The highest BCUT2D eigenvalue weighted by molar-refractivity contribution is 5.89. The largest absolute Gasteiger partial charge is 0.383 e. The summed E-state index contributed by atoms with van der Waals surface area (Å²) in [5.41, 5.74) is 3.20. The first-order valence-corrected chi connectivity index (χ1v) is 13.2. The van der Waals surface area contributed by atoms with Crippen molar-refractivity contribution >= 4 is 28.5 Å². The van der Waals surface area contributed by atoms with E-state index in [2.05, 4.69) is 32.7 Å². The van der Waals surface area contributed by atoms with Gasteiger partial charge in [0.15, 0.2) is 5.78 Å². The van der Waals surface area contributed by atoms with E-state index in [-0.39, 0.29) is 5.78 Å². The topological polar surface area (TPSA) is 108 Å². The number of anilines is 2. The van der Waals surface area contributed by atoms with E-state index in [1.807, 2.05) is 23.9 Å². The second-order valence-corrected chi connectivity index (χ2v) is 9.83. The number of pyridine rings is 1. The molecule has 0 radical (unpaired) electrons. The Bertz CT molecular complexity index is 1200. The summed E-state index contributed by atoms with van der Waals surface area (Å²) in [5.74, 6) is 1.56. The molecule has 10 nitrogen and oxygen atoms in total. The van der Waals surface area contributed by atoms with E-state index in [1.165, 1.54) is 18.3 Å². The van der Waals surface area contributed by atoms with Gasteiger partial charge in [0.2, 0.25) is 5.65 Å². The van der Waals surface area contributed by atoms with E-state index < -0.39 is 6.04 Å². The third kappa shape index (κ3) is 6.95. The van der Waals surface area contributed by atoms with Crippen molar-refractivity contribution in [3.8, 4) is 0 Å². The molecule has 0 spiro atoms. The molecule has 0 fully saturated rings. The first kappa shape index (κ1) is 26.8. The number of nitrogens with one attached hydrogen (secondary N) is 2. The summed E-state index contributed by atoms with van der Waals surface area (Å²) in [4.78, 5) is 23.9. The lowest BCUT2D eigenvalue weighted by atomic mass is 10.1. The molecule has 0 saturated carbocycles. The second kappa shape index (κ2) is 12.8. The molecule has 200 valence electrons. The molecular weight excluding hydrogens is 470 g/mol. The molecule has 3 aromatic heterocycles. The van der Waals surface area contributed by atoms with Gasteiger partial charge < -0.3 is 24.7 Å². The van der Waals surface area contributed by atoms with Crippen LogP contribution in [0.3, 0.4) is 0 Å². The maximum absolute atomic E-state index is 12.5. The highest BCUT2D eigenvalue weighted by Crippen LogP contribution is 2.21. The number of hydrogen-bond acceptors (Lipinski definition) is 8. The van der Waals surface area contributed by atoms with Gasteiger partial charge in [0.1, 0.15) is 17.2 Å². The van der Waals surface area contributed by atoms with Crippen molar-refractivity contribution in [2.45, 2.75) is 51.5 Å². The highest BCUT2D eigenvalue weighted by atomic mass is 16.5. The van der Waals surface area contributed by atoms with E-state index in [0.717, 1.165) is 79.1 Å². The van der Waals surface area contributed by atoms with Crippen LogP contribution in [0.5, 0.6) is 0 Å². The maximum atomic E-state index is 12.5. The van der Waals surface area contributed by atoms with Gasteiger partial charge in [-0.15, -0.1) is 0 Å². The van der Waals surface area contributed by atoms with Gasteiger partial charge in [0, 0.05) is 52.1 Å². The zero-order chi connectivity index (χ0) is 26.2. The number of ether oxygens (including phenoxy) is 1. The van der Waals surface area contributed by atoms with Gasteiger partial charge in [-0.25, -0.2) is 4.98 Å². The molecule has 1 atom stereocenters. The Balaban J connectivity index is 1.31. The molecule has 0 aliphatic carbocycles. The van der Waals surface area contributed by atoms with Gasteiger partial charge in [0.05, 0.1) is 6.61 Å². The lowest BCUT2D eigenvalue weighted by molar-refractivity contribution is -0.894. The number of rotatable bonds is 14. The maximum Gasteiger partial charge on any atom is 0.273 e. The van der Waals surface area contributed by atoms with Gasteiger partial charge in [-0.1, -0.05) is 15.8 Å². The summed E-state index contributed by atoms with van der Waals surface area (Å²) in [7, 11) is 3.61. The number of aryl methyl sites for hydroxylation is 3. The number of aromatic nitrogens is 4. The van der Waals surface area contributed by atoms with Crippen molar-refractivity contribution in [1.82, 2.24) is 19.4 Å². The molecular formula is C27H40N7O3+. The van der Waals surface area contributed by atoms with Gasteiger partial charge >= 0.3 is 0 Å². The average Bonchev–Trinajstić information content (AvgIpc) is 3.28. The van der Waals surface area contributed by atoms with Crippen LogP contribution in [-0.4, -0.2) is 76.4 Å². The number of carbonyl (C=O) groups excluding carboxylic acids is 1. The van der Waals surface area contributed by atoms with Gasteiger partial charge in [0.25, 0.3) is 12.1 Å². The Labute approximate surface area is 218 Å². The van der Waals surface area contributed by atoms with Crippen LogP contribution in [0.4, 0.5) is 11.6 Å². The molecule has 0 saturated heterocycles. The fourth-order valence-corrected chi connectivity index (χ4v) is 4.86. The zero-order valence-electron chi connectivity index (χ0n) is 22.2. The second-order valence-electron chi connectivity index (χ2n) is 9.83. The van der Waals surface area contributed by atoms with Crippen LogP contribution in [-0.2, 0) is 29.4 Å². The normalized spacial score (nSPS) is 13.9. The van der Waals surface area contributed by atoms with Crippen molar-refractivity contribution in [3.63, 3.8) is 0 Å². The monoisotopic (exact) mass is 510 g/mol. The van der Waals surface area contributed by atoms with Crippen molar-refractivity contribution < 1.29 is 19.5 Å². The highest BCUT2D eigenvalue weighted by Gasteiger charge is 2.24. The van der Waals surface area contributed by atoms with Crippen molar-refractivity contribution in [2.75, 3.05) is 50.5 Å². The molecule has 10 heteroatoms. The Morgan fingerprint density at radius 1 is 1.30 bits per heavy atom. The molecule has 4 rings (SSSR count). The van der Waals surface area contributed by atoms with Crippen molar-refractivity contribution in [2.24, 2.45) is 7.05 Å². The summed E-state index contributed by atoms with van der Waals surface area (Å²) in [6, 6.07) is 5.83. The lowest BCUT2D eigenvalue weighted by Gasteiger charge is -2.24. The molecule has 1 aliphatic rings. The Kier molecular flexibility index (Phi) is 9.29. The molecule has 1 aliphatic heterocycles. The van der Waals surface area contributed by atoms with Crippen LogP contribution in [0, 0.1) is 0 Å². The minimum absolute atomic E-state index is 0.0275. The van der Waals surface area contributed by atoms with Crippen LogP contribution in [0.1, 0.15) is 43.9 Å². The molecule has 3 aromatic rings. The number of hydrogen-bond donors (Lipinski definition) is 3. The number of methoxy groups -OCH3 is 1. The van der Waals surface area contributed by atoms with Crippen LogP contribution < -0.4 is 15.4 Å². The fourth-order valence-electron chi connectivity index (χ4n) is 4.86. The summed E-state index contributed by atoms with van der Waals surface area (Å²) in [6.45, 7) is 5.71. The first-order chi connectivity index (χ1) is 18.0. The predicted molar refractivity (Wildman–Crippen MR) is 143 cm³/mol. The van der Waals surface area contributed by atoms with E-state index in [0.29, 0.717) is 18.8 Å². The molecule has 0 unspecified atom stereocenters. The van der Waals surface area contributed by atoms with Crippen LogP contribution in [0.15, 0.2) is 30.7 Å². The van der Waals surface area contributed by atoms with Gasteiger partial charge in [-0.3, -0.25) is 10.1 Å². The van der Waals surface area contributed by atoms with E-state index >= 15 is 0 Å². The van der Waals surface area contributed by atoms with Crippen LogP contribution in [0.2, 0.25) is 0 Å². The molecule has 0 amide bonds. The molecule has 3 N–H and O–H groups in total. The number of carbonyl (C=O) groups is 1. The fraction of sp³-hybridized carbons (Fsp3) is 0.556. The van der Waals surface area contributed by atoms with Crippen molar-refractivity contribution in [1.29, 1.82) is 0 Å². The van der Waals surface area contributed by atoms with E-state index in [1.54, 1.807) is 14.0 Å². The number of nitrogens with zero attached hydrogens (tertiary/aromatic N) is 5. The summed E-state index contributed by atoms with van der Waals surface area (Å²) in [5, 5.41) is 17.8. The van der Waals surface area contributed by atoms with Gasteiger partial charge in [-0.2, -0.15) is 0 Å². The van der Waals surface area contributed by atoms with Crippen LogP contribution >= 0.6 is 0 Å². The smallest absolute Gasteiger partial charge is 0.273 e. The standard InChI is InChI=1S/C27H39N7O3/c1-20(35)24(31-27-23-11-15-32(2)26(23)29-19-34(27)36)12-16-33(17-18-37-3)14-5-4-8-22-10-9-21-7-6-13-28-25(21)30-22/h9-11,15,19,24,36H,4-8,12-14,16-18H2,1-3H3,(H,28,30)/p+1/t24-/m0/s1. The van der Waals surface area contributed by atoms with Crippen molar-refractivity contribution in [3.05, 3.63) is 42.0 Å². The number of unbranched alkanes of at least 4 members (excludes halogenated alkanes) is 1. The van der Waals surface area contributed by atoms with E-state index in [4.69, 9.17) is 9.72 Å². The molecule has 4 heterocycles. The summed E-state index contributed by atoms with van der Waals surface area (Å²) >= 11 is 0. The number of Topliss-reactive ketones (excluding diaryl/α,β-unsaturated/α-hetero) is 1. The minimum atomic E-state index is -0.429. The van der Waals surface area contributed by atoms with Crippen LogP contribution in [0.25, 0.3) is 11.0 Å². The zero-order valence-corrected chi connectivity index (χ0v) is 22.2. The Morgan fingerprint density at radius 2 is 2.16 bits per heavy atom. The van der Waals surface area contributed by atoms with Gasteiger partial charge in [-0.05, 0) is 63.3 Å². The summed E-state index contributed by atoms with van der Waals surface area (Å²) < 4.78 is 8.16. The first-order valence-electron chi connectivity index (χ1n) is 13.2. The predicted octanol–water partition coefficient (Wildman–Crippen LogP) is 2.58. The third-order valence-electron chi connectivity index (χ3n) is 7.07. The summed E-state index contributed by atoms with van der Waals surface area (Å²) in [6.07, 6.45) is 9.18. The van der Waals surface area contributed by atoms with E-state index in [9.17, 15) is 10.0 Å². The number of ketones is 1. The average molecular weight is 511 g/mol. The number of fused-ring (bicyclic) bond motifs is 2.